The van der Waals surface area contributed by atoms with Crippen LogP contribution in [0.15, 0.2) is 48.5 Å². The molecule has 0 bridgehead atoms. The molecule has 0 spiro atoms. The summed E-state index contributed by atoms with van der Waals surface area (Å²) >= 11 is 2.39. The quantitative estimate of drug-likeness (QED) is 0.0641. The Morgan fingerprint density at radius 1 is 0.658 bits per heavy atom. The van der Waals surface area contributed by atoms with Gasteiger partial charge in [-0.15, -0.1) is 0 Å². The van der Waals surface area contributed by atoms with Crippen LogP contribution in [0.5, 0.6) is 5.75 Å². The summed E-state index contributed by atoms with van der Waals surface area (Å²) in [5.74, 6) is 0.914. The molecule has 2 aromatic carbocycles. The lowest BCUT2D eigenvalue weighted by Gasteiger charge is -2.16. The summed E-state index contributed by atoms with van der Waals surface area (Å²) in [4.78, 5) is 0. The second-order valence-electron chi connectivity index (χ2n) is 10.6. The van der Waals surface area contributed by atoms with E-state index in [1.807, 2.05) is 0 Å². The number of benzene rings is 2. The molecule has 4 heteroatoms. The fourth-order valence-corrected chi connectivity index (χ4v) is 7.19. The van der Waals surface area contributed by atoms with E-state index < -0.39 is 0 Å². The summed E-state index contributed by atoms with van der Waals surface area (Å²) in [5.41, 5.74) is 3.45. The van der Waals surface area contributed by atoms with Gasteiger partial charge in [0.15, 0.2) is 0 Å². The van der Waals surface area contributed by atoms with Crippen LogP contribution in [0.2, 0.25) is 11.6 Å². The Hall–Kier alpha value is -0.853. The molecular formula is C34H53IO2Si. The number of hydrogen-bond acceptors (Lipinski definition) is 2. The molecule has 0 aliphatic heterocycles. The molecule has 0 fully saturated rings. The minimum atomic E-state index is 0.614. The first kappa shape index (κ1) is 33.4. The molecule has 0 saturated carbocycles. The predicted molar refractivity (Wildman–Crippen MR) is 176 cm³/mol. The summed E-state index contributed by atoms with van der Waals surface area (Å²) in [7, 11) is 1.11. The molecule has 2 rings (SSSR count). The maximum atomic E-state index is 5.91. The molecule has 0 amide bonds. The summed E-state index contributed by atoms with van der Waals surface area (Å²) in [6, 6.07) is 18.2. The first-order valence-corrected chi connectivity index (χ1v) is 17.9. The number of unbranched alkanes of at least 4 members (excludes halogenated alkanes) is 10. The zero-order valence-electron chi connectivity index (χ0n) is 24.3. The number of hydrogen-bond donors (Lipinski definition) is 0. The molecule has 0 aromatic heterocycles. The minimum absolute atomic E-state index is 0.614. The highest BCUT2D eigenvalue weighted by atomic mass is 127. The molecule has 2 nitrogen and oxygen atoms in total. The van der Waals surface area contributed by atoms with E-state index in [1.54, 1.807) is 0 Å². The van der Waals surface area contributed by atoms with Crippen molar-refractivity contribution in [1.82, 2.24) is 0 Å². The highest BCUT2D eigenvalue weighted by molar-refractivity contribution is 14.1. The molecule has 0 unspecified atom stereocenters. The Kier molecular flexibility index (Phi) is 20.1. The number of halogens is 1. The lowest BCUT2D eigenvalue weighted by molar-refractivity contribution is 0.101. The van der Waals surface area contributed by atoms with E-state index in [1.165, 1.54) is 117 Å². The van der Waals surface area contributed by atoms with Crippen molar-refractivity contribution < 1.29 is 9.47 Å². The van der Waals surface area contributed by atoms with Gasteiger partial charge in [0, 0.05) is 19.7 Å². The standard InChI is InChI=1S/C34H53IO2Si/c1-3-5-7-9-11-13-18-32(19-14-12-10-8-6-4-2)38-29-17-26-36-27-28-37-31-24-22-30(23-25-31)33-20-15-16-21-34(33)35/h15-16,20-25,32H,3-14,17-19,26-29H2,1-2H3. The fourth-order valence-electron chi connectivity index (χ4n) is 4.92. The molecule has 0 aliphatic rings. The third-order valence-electron chi connectivity index (χ3n) is 7.25. The Bertz CT molecular complexity index is 794. The lowest BCUT2D eigenvalue weighted by Crippen LogP contribution is -2.09. The molecule has 2 radical (unpaired) electrons. The number of rotatable bonds is 24. The predicted octanol–water partition coefficient (Wildman–Crippen LogP) is 11.2. The molecule has 212 valence electrons. The van der Waals surface area contributed by atoms with Crippen molar-refractivity contribution in [3.63, 3.8) is 0 Å². The van der Waals surface area contributed by atoms with Gasteiger partial charge < -0.3 is 9.47 Å². The summed E-state index contributed by atoms with van der Waals surface area (Å²) in [6.07, 6.45) is 21.1. The first-order valence-electron chi connectivity index (χ1n) is 15.5. The van der Waals surface area contributed by atoms with Gasteiger partial charge in [-0.2, -0.15) is 0 Å². The highest BCUT2D eigenvalue weighted by Crippen LogP contribution is 2.27. The van der Waals surface area contributed by atoms with Crippen LogP contribution in [0.25, 0.3) is 11.1 Å². The topological polar surface area (TPSA) is 18.5 Å². The summed E-state index contributed by atoms with van der Waals surface area (Å²) in [5, 5.41) is 0. The molecule has 0 aliphatic carbocycles. The van der Waals surface area contributed by atoms with E-state index in [0.717, 1.165) is 27.4 Å². The monoisotopic (exact) mass is 648 g/mol. The van der Waals surface area contributed by atoms with Gasteiger partial charge in [0.05, 0.1) is 6.61 Å². The second-order valence-corrected chi connectivity index (χ2v) is 13.5. The van der Waals surface area contributed by atoms with Crippen LogP contribution in [-0.2, 0) is 4.74 Å². The normalized spacial score (nSPS) is 11.4. The van der Waals surface area contributed by atoms with E-state index in [9.17, 15) is 0 Å². The van der Waals surface area contributed by atoms with Gasteiger partial charge in [-0.05, 0) is 63.9 Å². The van der Waals surface area contributed by atoms with Crippen LogP contribution in [0.4, 0.5) is 0 Å². The van der Waals surface area contributed by atoms with Gasteiger partial charge in [-0.25, -0.2) is 0 Å². The third kappa shape index (κ3) is 15.7. The van der Waals surface area contributed by atoms with Crippen LogP contribution >= 0.6 is 22.6 Å². The smallest absolute Gasteiger partial charge is 0.119 e. The van der Waals surface area contributed by atoms with E-state index in [0.29, 0.717) is 13.2 Å². The Morgan fingerprint density at radius 3 is 1.89 bits per heavy atom. The molecular weight excluding hydrogens is 595 g/mol. The van der Waals surface area contributed by atoms with E-state index in [2.05, 4.69) is 85.0 Å². The molecule has 0 N–H and O–H groups in total. The van der Waals surface area contributed by atoms with E-state index in [4.69, 9.17) is 9.47 Å². The van der Waals surface area contributed by atoms with Gasteiger partial charge in [-0.1, -0.05) is 140 Å². The maximum absolute atomic E-state index is 5.91. The molecule has 2 aromatic rings. The minimum Gasteiger partial charge on any atom is -0.491 e. The van der Waals surface area contributed by atoms with Gasteiger partial charge in [-0.3, -0.25) is 0 Å². The number of ether oxygens (including phenoxy) is 2. The van der Waals surface area contributed by atoms with Crippen molar-refractivity contribution in [3.05, 3.63) is 52.1 Å². The average Bonchev–Trinajstić information content (AvgIpc) is 2.94. The van der Waals surface area contributed by atoms with Crippen LogP contribution in [-0.4, -0.2) is 29.3 Å². The second kappa shape index (κ2) is 22.9. The van der Waals surface area contributed by atoms with Gasteiger partial charge in [0.2, 0.25) is 0 Å². The van der Waals surface area contributed by atoms with Crippen molar-refractivity contribution >= 4 is 32.1 Å². The Labute approximate surface area is 251 Å². The molecule has 0 heterocycles. The molecule has 0 atom stereocenters. The van der Waals surface area contributed by atoms with Crippen molar-refractivity contribution in [2.24, 2.45) is 0 Å². The van der Waals surface area contributed by atoms with Crippen LogP contribution in [0.1, 0.15) is 110 Å². The van der Waals surface area contributed by atoms with E-state index >= 15 is 0 Å². The zero-order chi connectivity index (χ0) is 27.1. The molecule has 38 heavy (non-hydrogen) atoms. The zero-order valence-corrected chi connectivity index (χ0v) is 27.5. The van der Waals surface area contributed by atoms with Crippen molar-refractivity contribution in [3.8, 4) is 16.9 Å². The van der Waals surface area contributed by atoms with Crippen LogP contribution in [0.3, 0.4) is 0 Å². The van der Waals surface area contributed by atoms with Crippen molar-refractivity contribution in [2.45, 2.75) is 122 Å². The van der Waals surface area contributed by atoms with Gasteiger partial charge in [0.25, 0.3) is 0 Å². The third-order valence-corrected chi connectivity index (χ3v) is 9.98. The van der Waals surface area contributed by atoms with Crippen LogP contribution < -0.4 is 4.74 Å². The largest absolute Gasteiger partial charge is 0.491 e. The van der Waals surface area contributed by atoms with Crippen molar-refractivity contribution in [1.29, 1.82) is 0 Å². The maximum Gasteiger partial charge on any atom is 0.119 e. The summed E-state index contributed by atoms with van der Waals surface area (Å²) in [6.45, 7) is 6.76. The first-order chi connectivity index (χ1) is 18.7. The Morgan fingerprint density at radius 2 is 1.26 bits per heavy atom. The summed E-state index contributed by atoms with van der Waals surface area (Å²) < 4.78 is 13.1. The fraction of sp³-hybridized carbons (Fsp3) is 0.647. The highest BCUT2D eigenvalue weighted by Gasteiger charge is 2.10. The Balaban J connectivity index is 1.55. The lowest BCUT2D eigenvalue weighted by atomic mass is 10.0. The SMILES string of the molecule is CCCCCCCCC(CCCCCCCC)[Si]CCCOCCOc1ccc(-c2ccccc2I)cc1. The van der Waals surface area contributed by atoms with Crippen LogP contribution in [0, 0.1) is 3.57 Å². The van der Waals surface area contributed by atoms with Crippen molar-refractivity contribution in [2.75, 3.05) is 19.8 Å². The van der Waals surface area contributed by atoms with Gasteiger partial charge >= 0.3 is 0 Å². The van der Waals surface area contributed by atoms with E-state index in [-0.39, 0.29) is 0 Å². The average molecular weight is 649 g/mol. The van der Waals surface area contributed by atoms with Gasteiger partial charge in [0.1, 0.15) is 12.4 Å². The molecule has 0 saturated heterocycles.